The van der Waals surface area contributed by atoms with E-state index in [2.05, 4.69) is 0 Å². The zero-order chi connectivity index (χ0) is 14.0. The van der Waals surface area contributed by atoms with Gasteiger partial charge in [-0.2, -0.15) is 0 Å². The molecular formula is C13H16N2O3S. The lowest BCUT2D eigenvalue weighted by Crippen LogP contribution is -2.35. The van der Waals surface area contributed by atoms with Gasteiger partial charge in [-0.3, -0.25) is 4.79 Å². The van der Waals surface area contributed by atoms with Crippen LogP contribution in [0.5, 0.6) is 11.5 Å². The van der Waals surface area contributed by atoms with Gasteiger partial charge in [0.25, 0.3) is 5.91 Å². The molecule has 1 aliphatic heterocycles. The van der Waals surface area contributed by atoms with Crippen molar-refractivity contribution >= 4 is 23.1 Å². The fourth-order valence-electron chi connectivity index (χ4n) is 1.83. The number of thiocarbonyl (C=S) groups is 1. The lowest BCUT2D eigenvalue weighted by atomic mass is 10.1. The van der Waals surface area contributed by atoms with Gasteiger partial charge < -0.3 is 20.1 Å². The Labute approximate surface area is 117 Å². The molecular weight excluding hydrogens is 264 g/mol. The lowest BCUT2D eigenvalue weighted by Gasteiger charge is -2.21. The van der Waals surface area contributed by atoms with Gasteiger partial charge in [-0.1, -0.05) is 19.1 Å². The molecule has 0 aliphatic carbocycles. The molecule has 0 aromatic heterocycles. The van der Waals surface area contributed by atoms with Crippen molar-refractivity contribution in [2.24, 2.45) is 11.7 Å². The summed E-state index contributed by atoms with van der Waals surface area (Å²) in [5.74, 6) is 1.15. The molecule has 6 heteroatoms. The second-order valence-electron chi connectivity index (χ2n) is 4.56. The van der Waals surface area contributed by atoms with Crippen molar-refractivity contribution in [1.29, 1.82) is 0 Å². The van der Waals surface area contributed by atoms with Crippen LogP contribution in [0.4, 0.5) is 0 Å². The van der Waals surface area contributed by atoms with Crippen molar-refractivity contribution in [3.63, 3.8) is 0 Å². The van der Waals surface area contributed by atoms with E-state index >= 15 is 0 Å². The molecule has 0 fully saturated rings. The first-order valence-corrected chi connectivity index (χ1v) is 6.34. The third-order valence-electron chi connectivity index (χ3n) is 3.00. The van der Waals surface area contributed by atoms with E-state index in [1.54, 1.807) is 30.1 Å². The normalized spacial score (nSPS) is 14.0. The number of rotatable bonds is 4. The molecule has 1 aliphatic rings. The summed E-state index contributed by atoms with van der Waals surface area (Å²) in [7, 11) is 1.72. The van der Waals surface area contributed by atoms with Crippen molar-refractivity contribution in [2.75, 3.05) is 20.4 Å². The first kappa shape index (κ1) is 13.6. The largest absolute Gasteiger partial charge is 0.454 e. The molecule has 102 valence electrons. The van der Waals surface area contributed by atoms with Crippen molar-refractivity contribution in [2.45, 2.75) is 6.92 Å². The Morgan fingerprint density at radius 3 is 2.84 bits per heavy atom. The number of carbonyl (C=O) groups excluding carboxylic acids is 1. The van der Waals surface area contributed by atoms with Crippen LogP contribution in [-0.2, 0) is 0 Å². The van der Waals surface area contributed by atoms with E-state index < -0.39 is 0 Å². The predicted molar refractivity (Wildman–Crippen MR) is 75.5 cm³/mol. The van der Waals surface area contributed by atoms with Crippen molar-refractivity contribution in [1.82, 2.24) is 4.90 Å². The van der Waals surface area contributed by atoms with Crippen molar-refractivity contribution in [3.8, 4) is 11.5 Å². The lowest BCUT2D eigenvalue weighted by molar-refractivity contribution is 0.0786. The summed E-state index contributed by atoms with van der Waals surface area (Å²) in [6, 6.07) is 5.14. The molecule has 19 heavy (non-hydrogen) atoms. The van der Waals surface area contributed by atoms with Gasteiger partial charge in [-0.05, 0) is 18.2 Å². The monoisotopic (exact) mass is 280 g/mol. The minimum Gasteiger partial charge on any atom is -0.454 e. The average Bonchev–Trinajstić information content (AvgIpc) is 2.84. The number of amides is 1. The number of benzene rings is 1. The van der Waals surface area contributed by atoms with Gasteiger partial charge in [0, 0.05) is 25.1 Å². The summed E-state index contributed by atoms with van der Waals surface area (Å²) < 4.78 is 10.5. The molecule has 1 unspecified atom stereocenters. The highest BCUT2D eigenvalue weighted by molar-refractivity contribution is 7.80. The van der Waals surface area contributed by atoms with Crippen LogP contribution in [0.25, 0.3) is 0 Å². The van der Waals surface area contributed by atoms with Gasteiger partial charge in [-0.15, -0.1) is 0 Å². The summed E-state index contributed by atoms with van der Waals surface area (Å²) >= 11 is 4.91. The number of nitrogens with two attached hydrogens (primary N) is 1. The smallest absolute Gasteiger partial charge is 0.253 e. The molecule has 1 atom stereocenters. The van der Waals surface area contributed by atoms with Gasteiger partial charge in [0.1, 0.15) is 0 Å². The maximum atomic E-state index is 12.2. The highest BCUT2D eigenvalue weighted by Gasteiger charge is 2.19. The summed E-state index contributed by atoms with van der Waals surface area (Å²) in [4.78, 5) is 14.3. The molecule has 2 N–H and O–H groups in total. The SMILES string of the molecule is CC(CN(C)C(=O)c1ccc2c(c1)OCO2)C(N)=S. The highest BCUT2D eigenvalue weighted by atomic mass is 32.1. The molecule has 0 spiro atoms. The maximum absolute atomic E-state index is 12.2. The third-order valence-corrected chi connectivity index (χ3v) is 3.40. The highest BCUT2D eigenvalue weighted by Crippen LogP contribution is 2.32. The number of hydrogen-bond acceptors (Lipinski definition) is 4. The summed E-state index contributed by atoms with van der Waals surface area (Å²) in [6.07, 6.45) is 0. The Morgan fingerprint density at radius 1 is 1.47 bits per heavy atom. The molecule has 1 amide bonds. The third kappa shape index (κ3) is 2.96. The van der Waals surface area contributed by atoms with E-state index in [0.717, 1.165) is 0 Å². The van der Waals surface area contributed by atoms with Crippen LogP contribution >= 0.6 is 12.2 Å². The molecule has 5 nitrogen and oxygen atoms in total. The first-order chi connectivity index (χ1) is 8.99. The van der Waals surface area contributed by atoms with Crippen molar-refractivity contribution in [3.05, 3.63) is 23.8 Å². The Kier molecular flexibility index (Phi) is 3.90. The molecule has 1 heterocycles. The van der Waals surface area contributed by atoms with E-state index in [0.29, 0.717) is 28.6 Å². The van der Waals surface area contributed by atoms with E-state index in [-0.39, 0.29) is 18.6 Å². The Balaban J connectivity index is 2.09. The Bertz CT molecular complexity index is 519. The maximum Gasteiger partial charge on any atom is 0.253 e. The van der Waals surface area contributed by atoms with Crippen LogP contribution in [0.3, 0.4) is 0 Å². The van der Waals surface area contributed by atoms with Crippen LogP contribution in [0, 0.1) is 5.92 Å². The van der Waals surface area contributed by atoms with Gasteiger partial charge >= 0.3 is 0 Å². The standard InChI is InChI=1S/C13H16N2O3S/c1-8(12(14)19)6-15(2)13(16)9-3-4-10-11(5-9)18-7-17-10/h3-5,8H,6-7H2,1-2H3,(H2,14,19). The fourth-order valence-corrected chi connectivity index (χ4v) is 1.91. The molecule has 0 radical (unpaired) electrons. The quantitative estimate of drug-likeness (QED) is 0.845. The molecule has 0 saturated carbocycles. The van der Waals surface area contributed by atoms with Gasteiger partial charge in [-0.25, -0.2) is 0 Å². The zero-order valence-corrected chi connectivity index (χ0v) is 11.7. The van der Waals surface area contributed by atoms with E-state index in [4.69, 9.17) is 27.4 Å². The van der Waals surface area contributed by atoms with Crippen LogP contribution in [0.1, 0.15) is 17.3 Å². The average molecular weight is 280 g/mol. The number of hydrogen-bond donors (Lipinski definition) is 1. The van der Waals surface area contributed by atoms with Gasteiger partial charge in [0.2, 0.25) is 6.79 Å². The molecule has 1 aromatic rings. The number of nitrogens with zero attached hydrogens (tertiary/aromatic N) is 1. The molecule has 0 bridgehead atoms. The number of fused-ring (bicyclic) bond motifs is 1. The summed E-state index contributed by atoms with van der Waals surface area (Å²) in [6.45, 7) is 2.58. The van der Waals surface area contributed by atoms with Crippen LogP contribution in [-0.4, -0.2) is 36.2 Å². The second-order valence-corrected chi connectivity index (χ2v) is 5.03. The van der Waals surface area contributed by atoms with Crippen LogP contribution in [0.2, 0.25) is 0 Å². The number of ether oxygens (including phenoxy) is 2. The molecule has 2 rings (SSSR count). The van der Waals surface area contributed by atoms with E-state index in [1.807, 2.05) is 6.92 Å². The predicted octanol–water partition coefficient (Wildman–Crippen LogP) is 1.41. The Hall–Kier alpha value is -1.82. The second kappa shape index (κ2) is 5.44. The summed E-state index contributed by atoms with van der Waals surface area (Å²) in [5, 5.41) is 0. The van der Waals surface area contributed by atoms with Gasteiger partial charge in [0.05, 0.1) is 4.99 Å². The fraction of sp³-hybridized carbons (Fsp3) is 0.385. The number of carbonyl (C=O) groups is 1. The zero-order valence-electron chi connectivity index (χ0n) is 10.9. The van der Waals surface area contributed by atoms with E-state index in [9.17, 15) is 4.79 Å². The summed E-state index contributed by atoms with van der Waals surface area (Å²) in [5.41, 5.74) is 6.11. The van der Waals surface area contributed by atoms with Crippen LogP contribution < -0.4 is 15.2 Å². The van der Waals surface area contributed by atoms with Crippen molar-refractivity contribution < 1.29 is 14.3 Å². The van der Waals surface area contributed by atoms with Gasteiger partial charge in [0.15, 0.2) is 11.5 Å². The van der Waals surface area contributed by atoms with Crippen LogP contribution in [0.15, 0.2) is 18.2 Å². The van der Waals surface area contributed by atoms with E-state index in [1.165, 1.54) is 0 Å². The topological polar surface area (TPSA) is 64.8 Å². The first-order valence-electron chi connectivity index (χ1n) is 5.93. The molecule has 0 saturated heterocycles. The minimum atomic E-state index is -0.0959. The molecule has 1 aromatic carbocycles. The minimum absolute atomic E-state index is 0.0158. The Morgan fingerprint density at radius 2 is 2.16 bits per heavy atom.